The van der Waals surface area contributed by atoms with Crippen molar-refractivity contribution >= 4 is 0 Å². The van der Waals surface area contributed by atoms with Gasteiger partial charge < -0.3 is 14.7 Å². The normalized spacial score (nSPS) is 12.8. The average molecular weight is 399 g/mol. The monoisotopic (exact) mass is 398 g/mol. The van der Waals surface area contributed by atoms with Crippen LogP contribution in [0.1, 0.15) is 116 Å². The van der Waals surface area contributed by atoms with E-state index < -0.39 is 0 Å². The van der Waals surface area contributed by atoms with Gasteiger partial charge in [-0.15, -0.1) is 0 Å². The largest absolute Gasteiger partial charge is 0.391 e. The second-order valence-corrected chi connectivity index (χ2v) is 8.82. The molecule has 0 fully saturated rings. The quantitative estimate of drug-likeness (QED) is 0.192. The third-order valence-electron chi connectivity index (χ3n) is 5.39. The van der Waals surface area contributed by atoms with Crippen molar-refractivity contribution in [3.63, 3.8) is 0 Å². The summed E-state index contributed by atoms with van der Waals surface area (Å²) in [5.41, 5.74) is 0. The van der Waals surface area contributed by atoms with Gasteiger partial charge in [-0.25, -0.2) is 0 Å². The first-order valence-corrected chi connectivity index (χ1v) is 12.4. The molecule has 3 nitrogen and oxygen atoms in total. The number of nitrogens with zero attached hydrogens (tertiary/aromatic N) is 1. The van der Waals surface area contributed by atoms with E-state index in [1.807, 2.05) is 14.1 Å². The van der Waals surface area contributed by atoms with Crippen LogP contribution in [0.3, 0.4) is 0 Å². The number of unbranched alkanes of at least 4 members (excludes halogenated alkanes) is 15. The van der Waals surface area contributed by atoms with Crippen molar-refractivity contribution in [3.05, 3.63) is 6.42 Å². The van der Waals surface area contributed by atoms with Crippen LogP contribution >= 0.6 is 0 Å². The molecule has 28 heavy (non-hydrogen) atoms. The van der Waals surface area contributed by atoms with E-state index in [2.05, 4.69) is 18.2 Å². The standard InChI is InChI=1S/C25H52NO2/c1-4-5-6-7-8-9-10-11-12-13-14-15-16-17-18-19-23-28-24-25(27)21-20-22-26(2)3/h20,25,27H,4-19,21-24H2,1-3H3. The fraction of sp³-hybridized carbons (Fsp3) is 0.960. The lowest BCUT2D eigenvalue weighted by atomic mass is 10.0. The van der Waals surface area contributed by atoms with Crippen molar-refractivity contribution in [2.75, 3.05) is 33.9 Å². The van der Waals surface area contributed by atoms with Gasteiger partial charge in [0.05, 0.1) is 12.7 Å². The van der Waals surface area contributed by atoms with Crippen LogP contribution in [0.2, 0.25) is 0 Å². The number of aliphatic hydroxyl groups excluding tert-OH is 1. The van der Waals surface area contributed by atoms with Gasteiger partial charge >= 0.3 is 0 Å². The predicted octanol–water partition coefficient (Wildman–Crippen LogP) is 6.78. The highest BCUT2D eigenvalue weighted by molar-refractivity contribution is 4.72. The molecule has 3 heteroatoms. The number of ether oxygens (including phenoxy) is 1. The minimum Gasteiger partial charge on any atom is -0.391 e. The lowest BCUT2D eigenvalue weighted by molar-refractivity contribution is 0.0344. The fourth-order valence-corrected chi connectivity index (χ4v) is 3.56. The Morgan fingerprint density at radius 3 is 1.57 bits per heavy atom. The molecule has 0 spiro atoms. The van der Waals surface area contributed by atoms with Crippen LogP contribution in [0.25, 0.3) is 0 Å². The molecule has 1 atom stereocenters. The maximum absolute atomic E-state index is 9.82. The Hall–Kier alpha value is -0.120. The molecular weight excluding hydrogens is 346 g/mol. The highest BCUT2D eigenvalue weighted by atomic mass is 16.5. The molecule has 0 aromatic carbocycles. The summed E-state index contributed by atoms with van der Waals surface area (Å²) >= 11 is 0. The summed E-state index contributed by atoms with van der Waals surface area (Å²) in [5, 5.41) is 9.82. The molecule has 0 heterocycles. The Morgan fingerprint density at radius 2 is 1.14 bits per heavy atom. The van der Waals surface area contributed by atoms with E-state index in [-0.39, 0.29) is 6.10 Å². The van der Waals surface area contributed by atoms with Gasteiger partial charge in [0, 0.05) is 13.2 Å². The van der Waals surface area contributed by atoms with E-state index in [0.717, 1.165) is 26.0 Å². The molecule has 1 unspecified atom stereocenters. The molecule has 0 saturated carbocycles. The van der Waals surface area contributed by atoms with Gasteiger partial charge in [0.15, 0.2) is 0 Å². The van der Waals surface area contributed by atoms with Crippen LogP contribution in [0, 0.1) is 6.42 Å². The molecule has 0 aliphatic carbocycles. The van der Waals surface area contributed by atoms with E-state index in [1.54, 1.807) is 0 Å². The highest BCUT2D eigenvalue weighted by Crippen LogP contribution is 2.13. The zero-order valence-electron chi connectivity index (χ0n) is 19.6. The summed E-state index contributed by atoms with van der Waals surface area (Å²) in [7, 11) is 4.08. The van der Waals surface area contributed by atoms with Crippen LogP contribution in [0.15, 0.2) is 0 Å². The Balaban J connectivity index is 3.08. The molecule has 0 aliphatic heterocycles. The molecule has 0 bridgehead atoms. The Labute approximate surface area is 177 Å². The Kier molecular flexibility index (Phi) is 23.1. The molecule has 0 saturated heterocycles. The van der Waals surface area contributed by atoms with Crippen molar-refractivity contribution < 1.29 is 9.84 Å². The number of aliphatic hydroxyl groups is 1. The van der Waals surface area contributed by atoms with Crippen molar-refractivity contribution in [3.8, 4) is 0 Å². The van der Waals surface area contributed by atoms with Crippen molar-refractivity contribution in [2.45, 2.75) is 122 Å². The minimum absolute atomic E-state index is 0.346. The Morgan fingerprint density at radius 1 is 0.714 bits per heavy atom. The van der Waals surface area contributed by atoms with Crippen LogP contribution in [-0.2, 0) is 4.74 Å². The zero-order valence-corrected chi connectivity index (χ0v) is 19.6. The minimum atomic E-state index is -0.346. The second kappa shape index (κ2) is 23.2. The fourth-order valence-electron chi connectivity index (χ4n) is 3.56. The van der Waals surface area contributed by atoms with Crippen molar-refractivity contribution in [2.24, 2.45) is 0 Å². The molecule has 1 radical (unpaired) electrons. The second-order valence-electron chi connectivity index (χ2n) is 8.82. The van der Waals surface area contributed by atoms with Crippen molar-refractivity contribution in [1.82, 2.24) is 4.90 Å². The lowest BCUT2D eigenvalue weighted by Gasteiger charge is -2.13. The van der Waals surface area contributed by atoms with Crippen LogP contribution in [-0.4, -0.2) is 50.0 Å². The predicted molar refractivity (Wildman–Crippen MR) is 124 cm³/mol. The molecule has 0 rings (SSSR count). The molecule has 0 aliphatic rings. The average Bonchev–Trinajstić information content (AvgIpc) is 2.66. The zero-order chi connectivity index (χ0) is 20.7. The maximum Gasteiger partial charge on any atom is 0.0776 e. The van der Waals surface area contributed by atoms with E-state index in [0.29, 0.717) is 6.61 Å². The van der Waals surface area contributed by atoms with Gasteiger partial charge in [-0.1, -0.05) is 103 Å². The maximum atomic E-state index is 9.82. The van der Waals surface area contributed by atoms with Gasteiger partial charge in [-0.05, 0) is 33.4 Å². The van der Waals surface area contributed by atoms with Crippen molar-refractivity contribution in [1.29, 1.82) is 0 Å². The number of rotatable bonds is 23. The molecule has 0 amide bonds. The van der Waals surface area contributed by atoms with Crippen LogP contribution in [0.4, 0.5) is 0 Å². The molecule has 1 N–H and O–H groups in total. The topological polar surface area (TPSA) is 32.7 Å². The summed E-state index contributed by atoms with van der Waals surface area (Å²) in [5.74, 6) is 0. The van der Waals surface area contributed by atoms with Gasteiger partial charge in [-0.2, -0.15) is 0 Å². The number of hydrogen-bond donors (Lipinski definition) is 1. The van der Waals surface area contributed by atoms with Crippen LogP contribution < -0.4 is 0 Å². The third kappa shape index (κ3) is 23.9. The molecule has 169 valence electrons. The number of hydrogen-bond acceptors (Lipinski definition) is 3. The lowest BCUT2D eigenvalue weighted by Crippen LogP contribution is -2.20. The molecular formula is C25H52NO2. The SMILES string of the molecule is CCCCCCCCCCCCCCCCCCOCC(O)C[CH]CN(C)C. The molecule has 0 aromatic heterocycles. The van der Waals surface area contributed by atoms with E-state index >= 15 is 0 Å². The first-order valence-electron chi connectivity index (χ1n) is 12.4. The summed E-state index contributed by atoms with van der Waals surface area (Å²) < 4.78 is 5.59. The van der Waals surface area contributed by atoms with E-state index in [4.69, 9.17) is 4.74 Å². The van der Waals surface area contributed by atoms with Gasteiger partial charge in [0.2, 0.25) is 0 Å². The van der Waals surface area contributed by atoms with Gasteiger partial charge in [0.1, 0.15) is 0 Å². The van der Waals surface area contributed by atoms with E-state index in [1.165, 1.54) is 96.3 Å². The smallest absolute Gasteiger partial charge is 0.0776 e. The third-order valence-corrected chi connectivity index (χ3v) is 5.39. The molecule has 0 aromatic rings. The first kappa shape index (κ1) is 27.9. The summed E-state index contributed by atoms with van der Waals surface area (Å²) in [6, 6.07) is 0. The van der Waals surface area contributed by atoms with E-state index in [9.17, 15) is 5.11 Å². The highest BCUT2D eigenvalue weighted by Gasteiger charge is 2.04. The summed E-state index contributed by atoms with van der Waals surface area (Å²) in [4.78, 5) is 2.10. The van der Waals surface area contributed by atoms with Crippen LogP contribution in [0.5, 0.6) is 0 Å². The summed E-state index contributed by atoms with van der Waals surface area (Å²) in [6.45, 7) is 4.47. The Bertz CT molecular complexity index is 284. The van der Waals surface area contributed by atoms with Gasteiger partial charge in [0.25, 0.3) is 0 Å². The summed E-state index contributed by atoms with van der Waals surface area (Å²) in [6.07, 6.45) is 24.8. The van der Waals surface area contributed by atoms with Gasteiger partial charge in [-0.3, -0.25) is 0 Å². The first-order chi connectivity index (χ1) is 13.7.